The van der Waals surface area contributed by atoms with Gasteiger partial charge in [-0.3, -0.25) is 9.59 Å². The molecule has 0 unspecified atom stereocenters. The molecule has 7 heteroatoms. The Kier molecular flexibility index (Phi) is 6.82. The molecule has 3 rings (SSSR count). The molecular formula is C22H25FN2O4. The lowest BCUT2D eigenvalue weighted by molar-refractivity contribution is -0.125. The van der Waals surface area contributed by atoms with Gasteiger partial charge in [-0.25, -0.2) is 4.39 Å². The van der Waals surface area contributed by atoms with E-state index in [4.69, 9.17) is 9.47 Å². The molecule has 0 radical (unpaired) electrons. The van der Waals surface area contributed by atoms with Crippen molar-refractivity contribution in [1.29, 1.82) is 0 Å². The van der Waals surface area contributed by atoms with Crippen LogP contribution in [-0.4, -0.2) is 57.2 Å². The highest BCUT2D eigenvalue weighted by Crippen LogP contribution is 2.34. The zero-order valence-electron chi connectivity index (χ0n) is 16.6. The van der Waals surface area contributed by atoms with Gasteiger partial charge in [0.15, 0.2) is 0 Å². The molecule has 1 aliphatic rings. The van der Waals surface area contributed by atoms with Crippen LogP contribution in [0.2, 0.25) is 0 Å². The van der Waals surface area contributed by atoms with Crippen molar-refractivity contribution in [3.8, 4) is 5.75 Å². The number of benzene rings is 2. The van der Waals surface area contributed by atoms with Gasteiger partial charge in [0.1, 0.15) is 11.6 Å². The number of carbonyl (C=O) groups excluding carboxylic acids is 2. The van der Waals surface area contributed by atoms with Gasteiger partial charge >= 0.3 is 0 Å². The van der Waals surface area contributed by atoms with E-state index in [1.807, 2.05) is 0 Å². The van der Waals surface area contributed by atoms with Gasteiger partial charge < -0.3 is 19.7 Å². The number of rotatable bonds is 7. The molecule has 1 heterocycles. The maximum Gasteiger partial charge on any atom is 0.254 e. The second-order valence-electron chi connectivity index (χ2n) is 6.99. The molecule has 1 fully saturated rings. The van der Waals surface area contributed by atoms with Gasteiger partial charge in [0, 0.05) is 38.2 Å². The number of hydrogen-bond donors (Lipinski definition) is 1. The Labute approximate surface area is 169 Å². The topological polar surface area (TPSA) is 67.9 Å². The van der Waals surface area contributed by atoms with Gasteiger partial charge in [-0.15, -0.1) is 0 Å². The van der Waals surface area contributed by atoms with Crippen molar-refractivity contribution in [2.24, 2.45) is 5.92 Å². The normalized spacial score (nSPS) is 18.5. The molecule has 2 amide bonds. The highest BCUT2D eigenvalue weighted by Gasteiger charge is 2.40. The molecule has 2 aromatic carbocycles. The van der Waals surface area contributed by atoms with Crippen molar-refractivity contribution in [2.45, 2.75) is 5.92 Å². The van der Waals surface area contributed by atoms with Crippen molar-refractivity contribution in [2.75, 3.05) is 40.5 Å². The lowest BCUT2D eigenvalue weighted by Crippen LogP contribution is -2.37. The molecule has 1 saturated heterocycles. The van der Waals surface area contributed by atoms with E-state index in [2.05, 4.69) is 5.32 Å². The fraction of sp³-hybridized carbons (Fsp3) is 0.364. The summed E-state index contributed by atoms with van der Waals surface area (Å²) in [6.07, 6.45) is 0. The van der Waals surface area contributed by atoms with Crippen molar-refractivity contribution < 1.29 is 23.5 Å². The summed E-state index contributed by atoms with van der Waals surface area (Å²) < 4.78 is 24.0. The van der Waals surface area contributed by atoms with E-state index in [0.29, 0.717) is 36.6 Å². The first kappa shape index (κ1) is 20.8. The number of hydrogen-bond acceptors (Lipinski definition) is 4. The third-order valence-corrected chi connectivity index (χ3v) is 5.14. The molecule has 0 saturated carbocycles. The van der Waals surface area contributed by atoms with E-state index in [1.165, 1.54) is 12.1 Å². The zero-order chi connectivity index (χ0) is 20.8. The molecular weight excluding hydrogens is 375 g/mol. The SMILES string of the molecule is COCCNC(=O)[C@H]1CN(C(=O)c2cccc(OC)c2)C[C@H]1c1cccc(F)c1. The Morgan fingerprint density at radius 3 is 2.66 bits per heavy atom. The molecule has 2 atom stereocenters. The fourth-order valence-electron chi connectivity index (χ4n) is 3.66. The number of carbonyl (C=O) groups is 2. The second-order valence-corrected chi connectivity index (χ2v) is 6.99. The maximum atomic E-state index is 13.8. The predicted molar refractivity (Wildman–Crippen MR) is 106 cm³/mol. The summed E-state index contributed by atoms with van der Waals surface area (Å²) in [4.78, 5) is 27.5. The standard InChI is InChI=1S/C22H25FN2O4/c1-28-10-9-24-21(26)20-14-25(13-19(20)15-5-3-7-17(23)11-15)22(27)16-6-4-8-18(12-16)29-2/h3-8,11-12,19-20H,9-10,13-14H2,1-2H3,(H,24,26)/t19-,20-/m0/s1. The van der Waals surface area contributed by atoms with Crippen molar-refractivity contribution >= 4 is 11.8 Å². The quantitative estimate of drug-likeness (QED) is 0.725. The van der Waals surface area contributed by atoms with Crippen LogP contribution in [0.1, 0.15) is 21.8 Å². The number of halogens is 1. The van der Waals surface area contributed by atoms with Crippen molar-refractivity contribution in [3.63, 3.8) is 0 Å². The predicted octanol–water partition coefficient (Wildman–Crippen LogP) is 2.45. The van der Waals surface area contributed by atoms with E-state index in [1.54, 1.807) is 55.5 Å². The Bertz CT molecular complexity index is 873. The monoisotopic (exact) mass is 400 g/mol. The van der Waals surface area contributed by atoms with Crippen LogP contribution < -0.4 is 10.1 Å². The summed E-state index contributed by atoms with van der Waals surface area (Å²) in [5.74, 6) is -0.884. The summed E-state index contributed by atoms with van der Waals surface area (Å²) in [5.41, 5.74) is 1.20. The van der Waals surface area contributed by atoms with Gasteiger partial charge in [0.2, 0.25) is 5.91 Å². The summed E-state index contributed by atoms with van der Waals surface area (Å²) in [6, 6.07) is 13.1. The molecule has 0 spiro atoms. The number of ether oxygens (including phenoxy) is 2. The largest absolute Gasteiger partial charge is 0.497 e. The smallest absolute Gasteiger partial charge is 0.254 e. The lowest BCUT2D eigenvalue weighted by atomic mass is 9.88. The third kappa shape index (κ3) is 4.92. The lowest BCUT2D eigenvalue weighted by Gasteiger charge is -2.18. The van der Waals surface area contributed by atoms with E-state index in [0.717, 1.165) is 0 Å². The Morgan fingerprint density at radius 1 is 1.14 bits per heavy atom. The number of nitrogens with zero attached hydrogens (tertiary/aromatic N) is 1. The van der Waals surface area contributed by atoms with E-state index in [-0.39, 0.29) is 30.1 Å². The van der Waals surface area contributed by atoms with Gasteiger partial charge in [-0.05, 0) is 35.9 Å². The Hall–Kier alpha value is -2.93. The van der Waals surface area contributed by atoms with Crippen molar-refractivity contribution in [3.05, 3.63) is 65.5 Å². The maximum absolute atomic E-state index is 13.8. The molecule has 0 bridgehead atoms. The molecule has 0 aromatic heterocycles. The van der Waals surface area contributed by atoms with Crippen LogP contribution >= 0.6 is 0 Å². The summed E-state index contributed by atoms with van der Waals surface area (Å²) in [6.45, 7) is 1.37. The molecule has 29 heavy (non-hydrogen) atoms. The highest BCUT2D eigenvalue weighted by atomic mass is 19.1. The minimum absolute atomic E-state index is 0.169. The molecule has 2 aromatic rings. The molecule has 1 N–H and O–H groups in total. The van der Waals surface area contributed by atoms with Gasteiger partial charge in [-0.1, -0.05) is 18.2 Å². The number of methoxy groups -OCH3 is 2. The number of nitrogens with one attached hydrogen (secondary N) is 1. The average molecular weight is 400 g/mol. The molecule has 154 valence electrons. The summed E-state index contributed by atoms with van der Waals surface area (Å²) >= 11 is 0. The van der Waals surface area contributed by atoms with Gasteiger partial charge in [-0.2, -0.15) is 0 Å². The number of likely N-dealkylation sites (tertiary alicyclic amines) is 1. The van der Waals surface area contributed by atoms with Crippen LogP contribution in [0.4, 0.5) is 4.39 Å². The minimum Gasteiger partial charge on any atom is -0.497 e. The molecule has 1 aliphatic heterocycles. The second kappa shape index (κ2) is 9.52. The first-order chi connectivity index (χ1) is 14.0. The van der Waals surface area contributed by atoms with Crippen molar-refractivity contribution in [1.82, 2.24) is 10.2 Å². The molecule has 6 nitrogen and oxygen atoms in total. The van der Waals surface area contributed by atoms with Crippen LogP contribution in [0.5, 0.6) is 5.75 Å². The summed E-state index contributed by atoms with van der Waals surface area (Å²) in [5, 5.41) is 2.84. The van der Waals surface area contributed by atoms with Gasteiger partial charge in [0.25, 0.3) is 5.91 Å². The van der Waals surface area contributed by atoms with Gasteiger partial charge in [0.05, 0.1) is 19.6 Å². The van der Waals surface area contributed by atoms with Crippen LogP contribution in [0, 0.1) is 11.7 Å². The van der Waals surface area contributed by atoms with E-state index >= 15 is 0 Å². The van der Waals surface area contributed by atoms with Crippen LogP contribution in [0.25, 0.3) is 0 Å². The third-order valence-electron chi connectivity index (χ3n) is 5.14. The van der Waals surface area contributed by atoms with Crippen LogP contribution in [0.15, 0.2) is 48.5 Å². The Morgan fingerprint density at radius 2 is 1.93 bits per heavy atom. The summed E-state index contributed by atoms with van der Waals surface area (Å²) in [7, 11) is 3.10. The first-order valence-corrected chi connectivity index (χ1v) is 9.49. The Balaban J connectivity index is 1.83. The number of amides is 2. The van der Waals surface area contributed by atoms with E-state index in [9.17, 15) is 14.0 Å². The first-order valence-electron chi connectivity index (χ1n) is 9.49. The zero-order valence-corrected chi connectivity index (χ0v) is 16.6. The van der Waals surface area contributed by atoms with Crippen LogP contribution in [-0.2, 0) is 9.53 Å². The minimum atomic E-state index is -0.469. The average Bonchev–Trinajstić information content (AvgIpc) is 3.19. The van der Waals surface area contributed by atoms with Crippen LogP contribution in [0.3, 0.4) is 0 Å². The fourth-order valence-corrected chi connectivity index (χ4v) is 3.66. The highest BCUT2D eigenvalue weighted by molar-refractivity contribution is 5.95. The van der Waals surface area contributed by atoms with E-state index < -0.39 is 5.92 Å². The molecule has 0 aliphatic carbocycles.